The van der Waals surface area contributed by atoms with Crippen molar-refractivity contribution in [1.29, 1.82) is 0 Å². The van der Waals surface area contributed by atoms with Crippen molar-refractivity contribution in [3.05, 3.63) is 94.6 Å². The molecule has 40 heavy (non-hydrogen) atoms. The van der Waals surface area contributed by atoms with E-state index in [1.165, 1.54) is 30.3 Å². The van der Waals surface area contributed by atoms with Crippen LogP contribution in [0.25, 0.3) is 6.08 Å². The maximum Gasteiger partial charge on any atom is 0.335 e. The normalized spacial score (nSPS) is 14.2. The van der Waals surface area contributed by atoms with Gasteiger partial charge in [0.05, 0.1) is 31.8 Å². The summed E-state index contributed by atoms with van der Waals surface area (Å²) in [6.45, 7) is 1.84. The number of urea groups is 1. The number of ether oxygens (including phenoxy) is 2. The topological polar surface area (TPSA) is 171 Å². The molecule has 1 N–H and O–H groups in total. The number of carbonyl (C=O) groups is 3. The SMILES string of the molecule is CCOc1cc(/C=C2\C(=O)NC(=O)N(c3cccc(Cl)c3)C2=O)cc(I)c1Oc1ccc([N+](=O)[O-])cc1[N+](=O)[O-]. The van der Waals surface area contributed by atoms with Gasteiger partial charge in [-0.2, -0.15) is 0 Å². The zero-order valence-corrected chi connectivity index (χ0v) is 23.2. The number of hydrogen-bond donors (Lipinski definition) is 1. The largest absolute Gasteiger partial charge is 0.490 e. The first kappa shape index (κ1) is 28.4. The van der Waals surface area contributed by atoms with Gasteiger partial charge < -0.3 is 9.47 Å². The average molecular weight is 679 g/mol. The first-order chi connectivity index (χ1) is 19.0. The molecule has 0 atom stereocenters. The number of nitro groups is 2. The van der Waals surface area contributed by atoms with Crippen LogP contribution in [0.5, 0.6) is 17.2 Å². The van der Waals surface area contributed by atoms with Crippen LogP contribution < -0.4 is 19.7 Å². The first-order valence-corrected chi connectivity index (χ1v) is 12.7. The van der Waals surface area contributed by atoms with Gasteiger partial charge in [0, 0.05) is 11.1 Å². The van der Waals surface area contributed by atoms with Crippen molar-refractivity contribution in [2.45, 2.75) is 6.92 Å². The summed E-state index contributed by atoms with van der Waals surface area (Å²) in [5.74, 6) is -1.89. The number of halogens is 2. The number of hydrogen-bond acceptors (Lipinski definition) is 9. The highest BCUT2D eigenvalue weighted by atomic mass is 127. The van der Waals surface area contributed by atoms with Crippen LogP contribution in [0.15, 0.2) is 60.2 Å². The Bertz CT molecular complexity index is 1630. The highest BCUT2D eigenvalue weighted by Gasteiger charge is 2.37. The van der Waals surface area contributed by atoms with Gasteiger partial charge in [-0.1, -0.05) is 17.7 Å². The van der Waals surface area contributed by atoms with E-state index in [0.717, 1.165) is 23.1 Å². The maximum atomic E-state index is 13.2. The van der Waals surface area contributed by atoms with Crippen molar-refractivity contribution in [3.63, 3.8) is 0 Å². The molecule has 15 heteroatoms. The maximum absolute atomic E-state index is 13.2. The number of benzene rings is 3. The van der Waals surface area contributed by atoms with Gasteiger partial charge >= 0.3 is 11.7 Å². The second-order valence-electron chi connectivity index (χ2n) is 7.97. The quantitative estimate of drug-likeness (QED) is 0.104. The summed E-state index contributed by atoms with van der Waals surface area (Å²) in [6, 6.07) is 10.9. The van der Waals surface area contributed by atoms with Crippen molar-refractivity contribution in [1.82, 2.24) is 5.32 Å². The van der Waals surface area contributed by atoms with Crippen molar-refractivity contribution >= 4 is 75.2 Å². The van der Waals surface area contributed by atoms with Crippen LogP contribution in [0.1, 0.15) is 12.5 Å². The fraction of sp³-hybridized carbons (Fsp3) is 0.0800. The van der Waals surface area contributed by atoms with E-state index in [1.54, 1.807) is 19.1 Å². The molecule has 0 aliphatic carbocycles. The van der Waals surface area contributed by atoms with E-state index in [0.29, 0.717) is 9.13 Å². The van der Waals surface area contributed by atoms with Gasteiger partial charge in [0.2, 0.25) is 5.75 Å². The van der Waals surface area contributed by atoms with Crippen LogP contribution in [0, 0.1) is 23.8 Å². The Morgan fingerprint density at radius 3 is 2.42 bits per heavy atom. The molecule has 1 aliphatic heterocycles. The minimum Gasteiger partial charge on any atom is -0.490 e. The second kappa shape index (κ2) is 11.7. The van der Waals surface area contributed by atoms with Crippen molar-refractivity contribution < 1.29 is 33.7 Å². The molecule has 0 bridgehead atoms. The summed E-state index contributed by atoms with van der Waals surface area (Å²) >= 11 is 7.87. The zero-order valence-electron chi connectivity index (χ0n) is 20.3. The molecular weight excluding hydrogens is 663 g/mol. The molecule has 0 aromatic heterocycles. The Morgan fingerprint density at radius 1 is 1.02 bits per heavy atom. The van der Waals surface area contributed by atoms with E-state index >= 15 is 0 Å². The third-order valence-corrected chi connectivity index (χ3v) is 6.41. The van der Waals surface area contributed by atoms with Gasteiger partial charge in [-0.05, 0) is 77.6 Å². The molecule has 1 heterocycles. The van der Waals surface area contributed by atoms with Crippen molar-refractivity contribution in [2.75, 3.05) is 11.5 Å². The molecular formula is C25H16ClIN4O9. The molecule has 204 valence electrons. The van der Waals surface area contributed by atoms with Gasteiger partial charge in [-0.3, -0.25) is 35.1 Å². The highest BCUT2D eigenvalue weighted by Crippen LogP contribution is 2.42. The van der Waals surface area contributed by atoms with Gasteiger partial charge in [-0.25, -0.2) is 9.69 Å². The number of barbiturate groups is 1. The van der Waals surface area contributed by atoms with Crippen LogP contribution in [-0.4, -0.2) is 34.3 Å². The molecule has 3 aromatic rings. The Kier molecular flexibility index (Phi) is 8.29. The average Bonchev–Trinajstić information content (AvgIpc) is 2.88. The number of nitrogens with zero attached hydrogens (tertiary/aromatic N) is 3. The number of nitrogens with one attached hydrogen (secondary N) is 1. The molecule has 0 unspecified atom stereocenters. The molecule has 4 rings (SSSR count). The van der Waals surface area contributed by atoms with E-state index in [4.69, 9.17) is 21.1 Å². The molecule has 0 spiro atoms. The molecule has 13 nitrogen and oxygen atoms in total. The summed E-state index contributed by atoms with van der Waals surface area (Å²) in [5, 5.41) is 25.0. The van der Waals surface area contributed by atoms with E-state index in [9.17, 15) is 34.6 Å². The van der Waals surface area contributed by atoms with Crippen molar-refractivity contribution in [3.8, 4) is 17.2 Å². The smallest absolute Gasteiger partial charge is 0.335 e. The number of rotatable bonds is 8. The number of imide groups is 2. The lowest BCUT2D eigenvalue weighted by Gasteiger charge is -2.26. The predicted molar refractivity (Wildman–Crippen MR) is 151 cm³/mol. The molecule has 1 fully saturated rings. The van der Waals surface area contributed by atoms with Gasteiger partial charge in [0.15, 0.2) is 11.5 Å². The number of nitro benzene ring substituents is 2. The Morgan fingerprint density at radius 2 is 1.77 bits per heavy atom. The lowest BCUT2D eigenvalue weighted by Crippen LogP contribution is -2.54. The third-order valence-electron chi connectivity index (χ3n) is 5.37. The first-order valence-electron chi connectivity index (χ1n) is 11.2. The van der Waals surface area contributed by atoms with Crippen LogP contribution in [-0.2, 0) is 9.59 Å². The number of anilines is 1. The molecule has 0 saturated carbocycles. The van der Waals surface area contributed by atoms with E-state index < -0.39 is 39.1 Å². The number of amides is 4. The molecule has 4 amide bonds. The van der Waals surface area contributed by atoms with Gasteiger partial charge in [0.25, 0.3) is 17.5 Å². The fourth-order valence-electron chi connectivity index (χ4n) is 3.67. The highest BCUT2D eigenvalue weighted by molar-refractivity contribution is 14.1. The molecule has 3 aromatic carbocycles. The third kappa shape index (κ3) is 5.86. The predicted octanol–water partition coefficient (Wildman–Crippen LogP) is 5.62. The Hall–Kier alpha value is -4.57. The van der Waals surface area contributed by atoms with Gasteiger partial charge in [-0.15, -0.1) is 0 Å². The van der Waals surface area contributed by atoms with E-state index in [2.05, 4.69) is 5.32 Å². The summed E-state index contributed by atoms with van der Waals surface area (Å²) < 4.78 is 11.8. The van der Waals surface area contributed by atoms with E-state index in [-0.39, 0.29) is 40.1 Å². The lowest BCUT2D eigenvalue weighted by molar-refractivity contribution is -0.394. The second-order valence-corrected chi connectivity index (χ2v) is 9.57. The lowest BCUT2D eigenvalue weighted by atomic mass is 10.1. The van der Waals surface area contributed by atoms with E-state index in [1.807, 2.05) is 22.6 Å². The minimum absolute atomic E-state index is 0.0664. The zero-order chi connectivity index (χ0) is 29.1. The standard InChI is InChI=1S/C25H16ClIN4O9/c1-2-39-21-10-13(8-17-23(32)28-25(34)29(24(17)33)15-5-3-4-14(26)11-15)9-18(27)22(21)40-20-7-6-16(30(35)36)12-19(20)31(37)38/h3-12H,2H2,1H3,(H,28,32,34)/b17-8+. The molecule has 0 radical (unpaired) electrons. The summed E-state index contributed by atoms with van der Waals surface area (Å²) in [4.78, 5) is 60.1. The molecule has 1 aliphatic rings. The number of carbonyl (C=O) groups excluding carboxylic acids is 3. The van der Waals surface area contributed by atoms with Crippen LogP contribution in [0.3, 0.4) is 0 Å². The Labute approximate surface area is 243 Å². The summed E-state index contributed by atoms with van der Waals surface area (Å²) in [7, 11) is 0. The van der Waals surface area contributed by atoms with Gasteiger partial charge in [0.1, 0.15) is 5.57 Å². The fourth-order valence-corrected chi connectivity index (χ4v) is 4.59. The van der Waals surface area contributed by atoms with Crippen LogP contribution in [0.4, 0.5) is 21.9 Å². The monoisotopic (exact) mass is 678 g/mol. The minimum atomic E-state index is -0.938. The van der Waals surface area contributed by atoms with Crippen LogP contribution >= 0.6 is 34.2 Å². The number of non-ortho nitro benzene ring substituents is 1. The van der Waals surface area contributed by atoms with Crippen LogP contribution in [0.2, 0.25) is 5.02 Å². The summed E-state index contributed by atoms with van der Waals surface area (Å²) in [5.41, 5.74) is -0.989. The summed E-state index contributed by atoms with van der Waals surface area (Å²) in [6.07, 6.45) is 1.25. The Balaban J connectivity index is 1.74. The van der Waals surface area contributed by atoms with Crippen molar-refractivity contribution in [2.24, 2.45) is 0 Å². The molecule has 1 saturated heterocycles.